The largest absolute Gasteiger partial charge is 0.289 e. The van der Waals surface area contributed by atoms with Crippen molar-refractivity contribution in [2.45, 2.75) is 0 Å². The quantitative estimate of drug-likeness (QED) is 0.781. The van der Waals surface area contributed by atoms with Crippen molar-refractivity contribution in [3.8, 4) is 0 Å². The van der Waals surface area contributed by atoms with E-state index in [2.05, 4.69) is 0 Å². The highest BCUT2D eigenvalue weighted by molar-refractivity contribution is 6.41. The van der Waals surface area contributed by atoms with Gasteiger partial charge in [-0.15, -0.1) is 23.2 Å². The zero-order valence-corrected chi connectivity index (χ0v) is 10.9. The van der Waals surface area contributed by atoms with Crippen molar-refractivity contribution in [1.29, 1.82) is 0 Å². The fraction of sp³-hybridized carbons (Fsp3) is 0.167. The van der Waals surface area contributed by atoms with E-state index in [-0.39, 0.29) is 45.1 Å². The van der Waals surface area contributed by atoms with E-state index in [4.69, 9.17) is 34.8 Å². The number of benzene rings is 1. The molecule has 1 aromatic rings. The molecule has 1 aliphatic carbocycles. The summed E-state index contributed by atoms with van der Waals surface area (Å²) in [5.74, 6) is -0.654. The van der Waals surface area contributed by atoms with Crippen molar-refractivity contribution in [3.05, 3.63) is 45.5 Å². The van der Waals surface area contributed by atoms with Crippen molar-refractivity contribution in [2.24, 2.45) is 0 Å². The lowest BCUT2D eigenvalue weighted by molar-refractivity contribution is 0.0975. The van der Waals surface area contributed by atoms with E-state index in [0.29, 0.717) is 5.56 Å². The number of Topliss-reactive ketones (excluding diaryl/α,β-unsaturated/α-hetero) is 2. The molecule has 0 aliphatic heterocycles. The first-order chi connectivity index (χ1) is 8.11. The summed E-state index contributed by atoms with van der Waals surface area (Å²) in [7, 11) is 0. The Hall–Kier alpha value is -0.830. The van der Waals surface area contributed by atoms with Gasteiger partial charge in [0.25, 0.3) is 0 Å². The van der Waals surface area contributed by atoms with Crippen molar-refractivity contribution in [3.63, 3.8) is 0 Å². The first kappa shape index (κ1) is 12.6. The molecule has 0 saturated carbocycles. The fourth-order valence-corrected chi connectivity index (χ4v) is 2.64. The van der Waals surface area contributed by atoms with Crippen LogP contribution in [-0.4, -0.2) is 23.3 Å². The van der Waals surface area contributed by atoms with Crippen LogP contribution in [-0.2, 0) is 0 Å². The number of carbonyl (C=O) groups excluding carboxylic acids is 2. The summed E-state index contributed by atoms with van der Waals surface area (Å²) in [6.07, 6.45) is 0. The number of hydrogen-bond donors (Lipinski definition) is 0. The number of rotatable bonds is 2. The fourth-order valence-electron chi connectivity index (χ4n) is 1.81. The van der Waals surface area contributed by atoms with Crippen LogP contribution in [0.1, 0.15) is 20.7 Å². The van der Waals surface area contributed by atoms with E-state index in [1.165, 1.54) is 0 Å². The molecule has 0 heterocycles. The van der Waals surface area contributed by atoms with Crippen molar-refractivity contribution >= 4 is 46.4 Å². The van der Waals surface area contributed by atoms with E-state index in [1.54, 1.807) is 18.2 Å². The molecule has 5 heteroatoms. The molecular formula is C12H7Cl3O2. The lowest BCUT2D eigenvalue weighted by Crippen LogP contribution is -2.24. The van der Waals surface area contributed by atoms with Crippen LogP contribution >= 0.6 is 34.8 Å². The van der Waals surface area contributed by atoms with Crippen molar-refractivity contribution < 1.29 is 9.59 Å². The minimum absolute atomic E-state index is 0.0292. The van der Waals surface area contributed by atoms with Gasteiger partial charge in [0.15, 0.2) is 11.6 Å². The molecule has 1 aliphatic rings. The number of alkyl halides is 2. The second-order valence-corrected chi connectivity index (χ2v) is 4.49. The SMILES string of the molecule is O=C1C(CCl)=C(CCl)C(=O)c2c(Cl)cccc21. The molecule has 0 unspecified atom stereocenters. The molecule has 17 heavy (non-hydrogen) atoms. The van der Waals surface area contributed by atoms with E-state index < -0.39 is 0 Å². The van der Waals surface area contributed by atoms with Gasteiger partial charge in [-0.1, -0.05) is 23.7 Å². The van der Waals surface area contributed by atoms with Gasteiger partial charge in [-0.3, -0.25) is 9.59 Å². The van der Waals surface area contributed by atoms with Crippen LogP contribution in [0.25, 0.3) is 0 Å². The van der Waals surface area contributed by atoms with Gasteiger partial charge in [-0.05, 0) is 6.07 Å². The molecule has 0 atom stereocenters. The van der Waals surface area contributed by atoms with E-state index >= 15 is 0 Å². The Morgan fingerprint density at radius 2 is 1.53 bits per heavy atom. The molecule has 0 amide bonds. The van der Waals surface area contributed by atoms with Gasteiger partial charge in [0.1, 0.15) is 0 Å². The summed E-state index contributed by atoms with van der Waals surface area (Å²) in [5, 5.41) is 0.261. The third kappa shape index (κ3) is 1.90. The number of ketones is 2. The Bertz CT molecular complexity index is 547. The molecule has 0 fully saturated rings. The number of halogens is 3. The molecule has 0 saturated heterocycles. The van der Waals surface area contributed by atoms with Gasteiger partial charge in [0.05, 0.1) is 22.3 Å². The minimum atomic E-state index is -0.309. The van der Waals surface area contributed by atoms with E-state index in [0.717, 1.165) is 0 Å². The Kier molecular flexibility index (Phi) is 3.57. The second kappa shape index (κ2) is 4.81. The highest BCUT2D eigenvalue weighted by Crippen LogP contribution is 2.32. The van der Waals surface area contributed by atoms with E-state index in [1.807, 2.05) is 0 Å². The minimum Gasteiger partial charge on any atom is -0.289 e. The smallest absolute Gasteiger partial charge is 0.192 e. The first-order valence-corrected chi connectivity index (χ1v) is 6.28. The maximum absolute atomic E-state index is 12.1. The lowest BCUT2D eigenvalue weighted by Gasteiger charge is -2.19. The topological polar surface area (TPSA) is 34.1 Å². The molecule has 88 valence electrons. The van der Waals surface area contributed by atoms with Gasteiger partial charge < -0.3 is 0 Å². The van der Waals surface area contributed by atoms with Crippen LogP contribution in [0.3, 0.4) is 0 Å². The summed E-state index contributed by atoms with van der Waals surface area (Å²) in [5.41, 5.74) is 1.03. The third-order valence-corrected chi connectivity index (χ3v) is 3.51. The van der Waals surface area contributed by atoms with Gasteiger partial charge in [-0.2, -0.15) is 0 Å². The average molecular weight is 290 g/mol. The molecule has 2 rings (SSSR count). The van der Waals surface area contributed by atoms with Crippen LogP contribution in [0, 0.1) is 0 Å². The predicted octanol–water partition coefficient (Wildman–Crippen LogP) is 3.49. The van der Waals surface area contributed by atoms with Crippen LogP contribution < -0.4 is 0 Å². The second-order valence-electron chi connectivity index (χ2n) is 3.55. The molecule has 0 radical (unpaired) electrons. The standard InChI is InChI=1S/C12H7Cl3O2/c13-4-7-8(5-14)12(17)10-6(11(7)16)2-1-3-9(10)15/h1-3H,4-5H2. The maximum Gasteiger partial charge on any atom is 0.192 e. The Balaban J connectivity index is 2.73. The highest BCUT2D eigenvalue weighted by Gasteiger charge is 2.32. The van der Waals surface area contributed by atoms with Gasteiger partial charge in [-0.25, -0.2) is 0 Å². The zero-order valence-electron chi connectivity index (χ0n) is 8.60. The van der Waals surface area contributed by atoms with Gasteiger partial charge >= 0.3 is 0 Å². The molecule has 0 bridgehead atoms. The zero-order chi connectivity index (χ0) is 12.6. The summed E-state index contributed by atoms with van der Waals surface area (Å²) in [4.78, 5) is 24.2. The molecule has 0 N–H and O–H groups in total. The Morgan fingerprint density at radius 3 is 2.12 bits per heavy atom. The van der Waals surface area contributed by atoms with Crippen molar-refractivity contribution in [2.75, 3.05) is 11.8 Å². The monoisotopic (exact) mass is 288 g/mol. The number of carbonyl (C=O) groups is 2. The third-order valence-electron chi connectivity index (χ3n) is 2.67. The first-order valence-electron chi connectivity index (χ1n) is 4.83. The molecule has 0 spiro atoms. The Morgan fingerprint density at radius 1 is 0.941 bits per heavy atom. The Labute approximate surface area is 113 Å². The molecular weight excluding hydrogens is 282 g/mol. The average Bonchev–Trinajstić information content (AvgIpc) is 2.33. The normalized spacial score (nSPS) is 15.2. The number of fused-ring (bicyclic) bond motifs is 1. The molecule has 1 aromatic carbocycles. The van der Waals surface area contributed by atoms with Gasteiger partial charge in [0, 0.05) is 16.7 Å². The summed E-state index contributed by atoms with van der Waals surface area (Å²) in [6.45, 7) is 0. The maximum atomic E-state index is 12.1. The molecule has 0 aromatic heterocycles. The van der Waals surface area contributed by atoms with E-state index in [9.17, 15) is 9.59 Å². The summed E-state index contributed by atoms with van der Waals surface area (Å²) < 4.78 is 0. The predicted molar refractivity (Wildman–Crippen MR) is 68.6 cm³/mol. The highest BCUT2D eigenvalue weighted by atomic mass is 35.5. The number of hydrogen-bond acceptors (Lipinski definition) is 2. The lowest BCUT2D eigenvalue weighted by atomic mass is 9.85. The number of allylic oxidation sites excluding steroid dienone is 2. The van der Waals surface area contributed by atoms with Gasteiger partial charge in [0.2, 0.25) is 0 Å². The summed E-state index contributed by atoms with van der Waals surface area (Å²) in [6, 6.07) is 4.77. The van der Waals surface area contributed by atoms with Crippen LogP contribution in [0.5, 0.6) is 0 Å². The van der Waals surface area contributed by atoms with Crippen LogP contribution in [0.4, 0.5) is 0 Å². The molecule has 2 nitrogen and oxygen atoms in total. The van der Waals surface area contributed by atoms with Crippen molar-refractivity contribution in [1.82, 2.24) is 0 Å². The summed E-state index contributed by atoms with van der Waals surface area (Å²) >= 11 is 17.3. The van der Waals surface area contributed by atoms with Crippen LogP contribution in [0.15, 0.2) is 29.3 Å². The van der Waals surface area contributed by atoms with Crippen LogP contribution in [0.2, 0.25) is 5.02 Å².